The lowest BCUT2D eigenvalue weighted by atomic mass is 9.97. The largest absolute Gasteiger partial charge is 0.497 e. The van der Waals surface area contributed by atoms with E-state index in [2.05, 4.69) is 4.98 Å². The van der Waals surface area contributed by atoms with Crippen LogP contribution in [-0.4, -0.2) is 40.9 Å². The number of nitrogens with zero attached hydrogens (tertiary/aromatic N) is 2. The topological polar surface area (TPSA) is 85.5 Å². The zero-order valence-electron chi connectivity index (χ0n) is 13.8. The number of rotatable bonds is 4. The fourth-order valence-corrected chi connectivity index (χ4v) is 4.91. The molecule has 6 nitrogen and oxygen atoms in total. The summed E-state index contributed by atoms with van der Waals surface area (Å²) >= 11 is 1.41. The van der Waals surface area contributed by atoms with Crippen LogP contribution in [0.3, 0.4) is 0 Å². The number of nitrogens with two attached hydrogens (primary N) is 1. The summed E-state index contributed by atoms with van der Waals surface area (Å²) in [5, 5.41) is 0. The molecule has 2 aromatic rings. The Morgan fingerprint density at radius 3 is 2.96 bits per heavy atom. The number of hydrogen-bond acceptors (Lipinski definition) is 5. The normalized spacial score (nSPS) is 24.5. The molecule has 1 aromatic carbocycles. The fourth-order valence-electron chi connectivity index (χ4n) is 4.14. The molecule has 1 aliphatic carbocycles. The molecular weight excluding hydrogens is 338 g/mol. The lowest BCUT2D eigenvalue weighted by Crippen LogP contribution is -2.51. The molecule has 1 saturated carbocycles. The van der Waals surface area contributed by atoms with E-state index in [-0.39, 0.29) is 17.9 Å². The molecule has 2 fully saturated rings. The number of methoxy groups -OCH3 is 1. The smallest absolute Gasteiger partial charge is 0.274 e. The Hall–Kier alpha value is -2.41. The Bertz CT molecular complexity index is 834. The van der Waals surface area contributed by atoms with Crippen molar-refractivity contribution < 1.29 is 14.3 Å². The summed E-state index contributed by atoms with van der Waals surface area (Å²) in [6.07, 6.45) is 2.75. The van der Waals surface area contributed by atoms with Crippen molar-refractivity contribution in [3.05, 3.63) is 35.5 Å². The van der Waals surface area contributed by atoms with Crippen molar-refractivity contribution in [2.45, 2.75) is 31.3 Å². The second-order valence-electron chi connectivity index (χ2n) is 6.55. The van der Waals surface area contributed by atoms with Crippen LogP contribution >= 0.6 is 11.3 Å². The number of amides is 2. The van der Waals surface area contributed by atoms with E-state index in [1.165, 1.54) is 11.3 Å². The Morgan fingerprint density at radius 1 is 1.36 bits per heavy atom. The summed E-state index contributed by atoms with van der Waals surface area (Å²) in [6, 6.07) is 7.13. The quantitative estimate of drug-likeness (QED) is 0.910. The predicted octanol–water partition coefficient (Wildman–Crippen LogP) is 2.30. The second kappa shape index (κ2) is 6.15. The van der Waals surface area contributed by atoms with Crippen LogP contribution in [0.15, 0.2) is 29.8 Å². The number of benzene rings is 1. The number of carbonyl (C=O) groups is 2. The Morgan fingerprint density at radius 2 is 2.20 bits per heavy atom. The maximum Gasteiger partial charge on any atom is 0.274 e. The van der Waals surface area contributed by atoms with Crippen molar-refractivity contribution in [2.24, 2.45) is 11.7 Å². The van der Waals surface area contributed by atoms with E-state index in [9.17, 15) is 9.59 Å². The van der Waals surface area contributed by atoms with Crippen molar-refractivity contribution >= 4 is 23.2 Å². The summed E-state index contributed by atoms with van der Waals surface area (Å²) < 4.78 is 5.27. The van der Waals surface area contributed by atoms with Crippen LogP contribution in [0.1, 0.15) is 29.8 Å². The molecule has 0 spiro atoms. The highest BCUT2D eigenvalue weighted by Gasteiger charge is 2.51. The third kappa shape index (κ3) is 2.59. The summed E-state index contributed by atoms with van der Waals surface area (Å²) in [5.74, 6) is 0.290. The van der Waals surface area contributed by atoms with Crippen LogP contribution in [-0.2, 0) is 4.79 Å². The molecule has 0 unspecified atom stereocenters. The Balaban J connectivity index is 1.70. The second-order valence-corrected chi connectivity index (χ2v) is 7.40. The zero-order valence-corrected chi connectivity index (χ0v) is 14.7. The summed E-state index contributed by atoms with van der Waals surface area (Å²) in [5.41, 5.74) is 8.51. The van der Waals surface area contributed by atoms with Crippen molar-refractivity contribution in [3.8, 4) is 16.2 Å². The number of primary amides is 1. The van der Waals surface area contributed by atoms with E-state index >= 15 is 0 Å². The molecule has 2 heterocycles. The van der Waals surface area contributed by atoms with E-state index < -0.39 is 11.9 Å². The molecule has 3 atom stereocenters. The third-order valence-corrected chi connectivity index (χ3v) is 6.09. The van der Waals surface area contributed by atoms with Gasteiger partial charge in [-0.3, -0.25) is 9.59 Å². The van der Waals surface area contributed by atoms with Gasteiger partial charge in [-0.25, -0.2) is 4.98 Å². The zero-order chi connectivity index (χ0) is 17.6. The minimum absolute atomic E-state index is 0.0925. The SMILES string of the molecule is COc1cccc(-c2scnc2C(=O)N2[C@@H]3CC[C@@H](C3)[C@H]2C(N)=O)c1. The maximum absolute atomic E-state index is 13.2. The molecule has 2 amide bonds. The van der Waals surface area contributed by atoms with Gasteiger partial charge < -0.3 is 15.4 Å². The molecule has 2 bridgehead atoms. The lowest BCUT2D eigenvalue weighted by Gasteiger charge is -2.33. The summed E-state index contributed by atoms with van der Waals surface area (Å²) in [7, 11) is 1.61. The highest BCUT2D eigenvalue weighted by molar-refractivity contribution is 7.13. The molecular formula is C18H19N3O3S. The van der Waals surface area contributed by atoms with Gasteiger partial charge in [0.1, 0.15) is 17.5 Å². The van der Waals surface area contributed by atoms with Gasteiger partial charge in [-0.15, -0.1) is 11.3 Å². The fraction of sp³-hybridized carbons (Fsp3) is 0.389. The van der Waals surface area contributed by atoms with Gasteiger partial charge in [-0.05, 0) is 42.9 Å². The molecule has 1 aromatic heterocycles. The highest BCUT2D eigenvalue weighted by Crippen LogP contribution is 2.43. The van der Waals surface area contributed by atoms with Gasteiger partial charge in [0.05, 0.1) is 17.5 Å². The van der Waals surface area contributed by atoms with Crippen molar-refractivity contribution in [3.63, 3.8) is 0 Å². The number of carbonyl (C=O) groups excluding carboxylic acids is 2. The Labute approximate surface area is 149 Å². The van der Waals surface area contributed by atoms with Crippen molar-refractivity contribution in [1.82, 2.24) is 9.88 Å². The monoisotopic (exact) mass is 357 g/mol. The van der Waals surface area contributed by atoms with E-state index in [1.807, 2.05) is 24.3 Å². The summed E-state index contributed by atoms with van der Waals surface area (Å²) in [6.45, 7) is 0. The number of aromatic nitrogens is 1. The molecule has 1 saturated heterocycles. The first-order valence-electron chi connectivity index (χ1n) is 8.30. The number of thiazole rings is 1. The molecule has 7 heteroatoms. The number of piperidine rings is 1. The van der Waals surface area contributed by atoms with E-state index in [4.69, 9.17) is 10.5 Å². The standard InChI is InChI=1S/C18H19N3O3S/c1-24-13-4-2-3-11(8-13)16-14(20-9-25-16)18(23)21-12-6-5-10(7-12)15(21)17(19)22/h2-4,8-10,12,15H,5-7H2,1H3,(H2,19,22)/t10-,12+,15-/m0/s1. The van der Waals surface area contributed by atoms with E-state index in [0.717, 1.165) is 35.5 Å². The summed E-state index contributed by atoms with van der Waals surface area (Å²) in [4.78, 5) is 31.9. The molecule has 4 rings (SSSR count). The average molecular weight is 357 g/mol. The number of fused-ring (bicyclic) bond motifs is 2. The lowest BCUT2D eigenvalue weighted by molar-refractivity contribution is -0.123. The van der Waals surface area contributed by atoms with Gasteiger partial charge in [0.15, 0.2) is 0 Å². The molecule has 25 heavy (non-hydrogen) atoms. The molecule has 130 valence electrons. The first kappa shape index (κ1) is 16.1. The van der Waals surface area contributed by atoms with Crippen molar-refractivity contribution in [1.29, 1.82) is 0 Å². The predicted molar refractivity (Wildman–Crippen MR) is 94.4 cm³/mol. The van der Waals surface area contributed by atoms with Crippen molar-refractivity contribution in [2.75, 3.05) is 7.11 Å². The van der Waals surface area contributed by atoms with E-state index in [0.29, 0.717) is 5.69 Å². The van der Waals surface area contributed by atoms with E-state index in [1.54, 1.807) is 17.5 Å². The third-order valence-electron chi connectivity index (χ3n) is 5.21. The van der Waals surface area contributed by atoms with Crippen LogP contribution in [0.25, 0.3) is 10.4 Å². The average Bonchev–Trinajstić information content (AvgIpc) is 3.35. The molecule has 0 radical (unpaired) electrons. The van der Waals surface area contributed by atoms with Crippen LogP contribution in [0, 0.1) is 5.92 Å². The molecule has 2 N–H and O–H groups in total. The Kier molecular flexibility index (Phi) is 3.95. The minimum atomic E-state index is -0.508. The van der Waals surface area contributed by atoms with Gasteiger partial charge in [0.25, 0.3) is 5.91 Å². The van der Waals surface area contributed by atoms with Crippen LogP contribution < -0.4 is 10.5 Å². The van der Waals surface area contributed by atoms with Gasteiger partial charge in [0.2, 0.25) is 5.91 Å². The van der Waals surface area contributed by atoms with Crippen LogP contribution in [0.4, 0.5) is 0 Å². The highest BCUT2D eigenvalue weighted by atomic mass is 32.1. The number of likely N-dealkylation sites (tertiary alicyclic amines) is 1. The number of ether oxygens (including phenoxy) is 1. The minimum Gasteiger partial charge on any atom is -0.497 e. The van der Waals surface area contributed by atoms with Gasteiger partial charge >= 0.3 is 0 Å². The molecule has 1 aliphatic heterocycles. The van der Waals surface area contributed by atoms with Gasteiger partial charge in [-0.2, -0.15) is 0 Å². The first-order valence-corrected chi connectivity index (χ1v) is 9.18. The van der Waals surface area contributed by atoms with Gasteiger partial charge in [0, 0.05) is 6.04 Å². The van der Waals surface area contributed by atoms with Gasteiger partial charge in [-0.1, -0.05) is 12.1 Å². The first-order chi connectivity index (χ1) is 12.1. The van der Waals surface area contributed by atoms with Crippen LogP contribution in [0.2, 0.25) is 0 Å². The van der Waals surface area contributed by atoms with Crippen LogP contribution in [0.5, 0.6) is 5.75 Å². The maximum atomic E-state index is 13.2. The number of hydrogen-bond donors (Lipinski definition) is 1. The molecule has 2 aliphatic rings.